The number of nitrogens with one attached hydrogen (secondary N) is 1. The zero-order valence-corrected chi connectivity index (χ0v) is 10.3. The number of rotatable bonds is 4. The molecule has 1 atom stereocenters. The molecule has 0 aromatic carbocycles. The molecule has 2 aromatic heterocycles. The summed E-state index contributed by atoms with van der Waals surface area (Å²) < 4.78 is 5.18. The molecule has 0 aliphatic rings. The van der Waals surface area contributed by atoms with Crippen molar-refractivity contribution in [2.75, 3.05) is 7.11 Å². The van der Waals surface area contributed by atoms with Crippen molar-refractivity contribution < 1.29 is 4.74 Å². The van der Waals surface area contributed by atoms with E-state index in [1.807, 2.05) is 25.1 Å². The van der Waals surface area contributed by atoms with Crippen molar-refractivity contribution in [2.45, 2.75) is 13.0 Å². The minimum atomic E-state index is -0.353. The van der Waals surface area contributed by atoms with Gasteiger partial charge in [-0.05, 0) is 19.1 Å². The van der Waals surface area contributed by atoms with Crippen LogP contribution in [0.1, 0.15) is 23.1 Å². The Kier molecular flexibility index (Phi) is 3.81. The molecule has 0 bridgehead atoms. The number of nitrogens with zero attached hydrogens (tertiary/aromatic N) is 3. The van der Waals surface area contributed by atoms with E-state index in [1.54, 1.807) is 19.5 Å². The Hall–Kier alpha value is -2.05. The number of pyridine rings is 1. The van der Waals surface area contributed by atoms with E-state index in [0.717, 1.165) is 11.4 Å². The summed E-state index contributed by atoms with van der Waals surface area (Å²) in [5.74, 6) is 6.03. The lowest BCUT2D eigenvalue weighted by atomic mass is 10.1. The quantitative estimate of drug-likeness (QED) is 0.610. The van der Waals surface area contributed by atoms with Gasteiger partial charge in [0, 0.05) is 18.1 Å². The Morgan fingerprint density at radius 2 is 2.06 bits per heavy atom. The van der Waals surface area contributed by atoms with E-state index in [4.69, 9.17) is 10.6 Å². The topological polar surface area (TPSA) is 86.0 Å². The second-order valence-corrected chi connectivity index (χ2v) is 3.75. The highest BCUT2D eigenvalue weighted by atomic mass is 16.5. The first kappa shape index (κ1) is 12.4. The maximum absolute atomic E-state index is 5.60. The monoisotopic (exact) mass is 245 g/mol. The standard InChI is InChI=1S/C12H15N5O/c1-8-4-3-5-9(16-8)10(17-13)11-12(18-2)15-7-6-14-11/h3-7,10,17H,13H2,1-2H3. The van der Waals surface area contributed by atoms with Crippen molar-refractivity contribution in [1.29, 1.82) is 0 Å². The molecule has 0 saturated heterocycles. The minimum absolute atomic E-state index is 0.353. The molecule has 0 fully saturated rings. The predicted molar refractivity (Wildman–Crippen MR) is 66.7 cm³/mol. The van der Waals surface area contributed by atoms with Crippen molar-refractivity contribution in [3.8, 4) is 5.88 Å². The van der Waals surface area contributed by atoms with Gasteiger partial charge in [-0.15, -0.1) is 0 Å². The van der Waals surface area contributed by atoms with Gasteiger partial charge >= 0.3 is 0 Å². The van der Waals surface area contributed by atoms with E-state index in [2.05, 4.69) is 20.4 Å². The van der Waals surface area contributed by atoms with Crippen LogP contribution >= 0.6 is 0 Å². The lowest BCUT2D eigenvalue weighted by Crippen LogP contribution is -2.30. The second kappa shape index (κ2) is 5.52. The van der Waals surface area contributed by atoms with Crippen LogP contribution in [0.4, 0.5) is 0 Å². The van der Waals surface area contributed by atoms with E-state index in [9.17, 15) is 0 Å². The first-order valence-corrected chi connectivity index (χ1v) is 5.51. The lowest BCUT2D eigenvalue weighted by molar-refractivity contribution is 0.382. The van der Waals surface area contributed by atoms with E-state index < -0.39 is 0 Å². The molecule has 6 nitrogen and oxygen atoms in total. The summed E-state index contributed by atoms with van der Waals surface area (Å²) in [5, 5.41) is 0. The van der Waals surface area contributed by atoms with E-state index in [-0.39, 0.29) is 6.04 Å². The average molecular weight is 245 g/mol. The van der Waals surface area contributed by atoms with Crippen LogP contribution in [0.2, 0.25) is 0 Å². The van der Waals surface area contributed by atoms with Crippen LogP contribution < -0.4 is 16.0 Å². The Morgan fingerprint density at radius 1 is 1.28 bits per heavy atom. The molecule has 0 spiro atoms. The maximum atomic E-state index is 5.60. The fraction of sp³-hybridized carbons (Fsp3) is 0.250. The average Bonchev–Trinajstić information content (AvgIpc) is 2.40. The van der Waals surface area contributed by atoms with Gasteiger partial charge in [0.2, 0.25) is 5.88 Å². The molecule has 2 rings (SSSR count). The van der Waals surface area contributed by atoms with Crippen molar-refractivity contribution in [1.82, 2.24) is 20.4 Å². The smallest absolute Gasteiger partial charge is 0.237 e. The van der Waals surface area contributed by atoms with Gasteiger partial charge in [0.15, 0.2) is 0 Å². The van der Waals surface area contributed by atoms with Crippen LogP contribution in [0.25, 0.3) is 0 Å². The van der Waals surface area contributed by atoms with Crippen molar-refractivity contribution in [3.63, 3.8) is 0 Å². The maximum Gasteiger partial charge on any atom is 0.237 e. The summed E-state index contributed by atoms with van der Waals surface area (Å²) in [6, 6.07) is 5.37. The Bertz CT molecular complexity index is 531. The molecular weight excluding hydrogens is 230 g/mol. The molecule has 94 valence electrons. The largest absolute Gasteiger partial charge is 0.480 e. The molecule has 0 aliphatic heterocycles. The molecule has 0 aliphatic carbocycles. The predicted octanol–water partition coefficient (Wildman–Crippen LogP) is 0.741. The molecule has 3 N–H and O–H groups in total. The Labute approximate surface area is 105 Å². The van der Waals surface area contributed by atoms with Crippen molar-refractivity contribution >= 4 is 0 Å². The van der Waals surface area contributed by atoms with Crippen LogP contribution in [0.3, 0.4) is 0 Å². The number of hydrogen-bond acceptors (Lipinski definition) is 6. The number of aryl methyl sites for hydroxylation is 1. The minimum Gasteiger partial charge on any atom is -0.480 e. The molecule has 2 heterocycles. The SMILES string of the molecule is COc1nccnc1C(NN)c1cccc(C)n1. The summed E-state index contributed by atoms with van der Waals surface area (Å²) in [5.41, 5.74) is 4.99. The Morgan fingerprint density at radius 3 is 2.72 bits per heavy atom. The number of nitrogens with two attached hydrogens (primary N) is 1. The molecule has 2 aromatic rings. The summed E-state index contributed by atoms with van der Waals surface area (Å²) in [6.07, 6.45) is 3.16. The second-order valence-electron chi connectivity index (χ2n) is 3.75. The first-order valence-electron chi connectivity index (χ1n) is 5.51. The van der Waals surface area contributed by atoms with Crippen LogP contribution in [0.15, 0.2) is 30.6 Å². The first-order chi connectivity index (χ1) is 8.76. The third-order valence-corrected chi connectivity index (χ3v) is 2.53. The molecule has 0 radical (unpaired) electrons. The van der Waals surface area contributed by atoms with Crippen LogP contribution in [-0.2, 0) is 0 Å². The zero-order valence-electron chi connectivity index (χ0n) is 10.3. The summed E-state index contributed by atoms with van der Waals surface area (Å²) in [4.78, 5) is 12.8. The van der Waals surface area contributed by atoms with E-state index in [1.165, 1.54) is 0 Å². The molecule has 0 amide bonds. The number of hydrazine groups is 1. The molecular formula is C12H15N5O. The summed E-state index contributed by atoms with van der Waals surface area (Å²) >= 11 is 0. The van der Waals surface area contributed by atoms with Crippen molar-refractivity contribution in [2.24, 2.45) is 5.84 Å². The highest BCUT2D eigenvalue weighted by molar-refractivity contribution is 5.29. The highest BCUT2D eigenvalue weighted by Gasteiger charge is 2.20. The fourth-order valence-electron chi connectivity index (χ4n) is 1.72. The van der Waals surface area contributed by atoms with Gasteiger partial charge in [0.1, 0.15) is 11.7 Å². The van der Waals surface area contributed by atoms with Gasteiger partial charge in [-0.25, -0.2) is 10.4 Å². The van der Waals surface area contributed by atoms with Crippen LogP contribution in [0, 0.1) is 6.92 Å². The third-order valence-electron chi connectivity index (χ3n) is 2.53. The van der Waals surface area contributed by atoms with Gasteiger partial charge < -0.3 is 4.74 Å². The van der Waals surface area contributed by atoms with Gasteiger partial charge in [0.25, 0.3) is 0 Å². The van der Waals surface area contributed by atoms with Crippen molar-refractivity contribution in [3.05, 3.63) is 47.7 Å². The van der Waals surface area contributed by atoms with Gasteiger partial charge in [-0.3, -0.25) is 15.8 Å². The fourth-order valence-corrected chi connectivity index (χ4v) is 1.72. The van der Waals surface area contributed by atoms with Gasteiger partial charge in [0.05, 0.1) is 12.8 Å². The zero-order chi connectivity index (χ0) is 13.0. The van der Waals surface area contributed by atoms with Gasteiger partial charge in [-0.1, -0.05) is 6.07 Å². The Balaban J connectivity index is 2.45. The lowest BCUT2D eigenvalue weighted by Gasteiger charge is -2.16. The molecule has 18 heavy (non-hydrogen) atoms. The number of methoxy groups -OCH3 is 1. The third kappa shape index (κ3) is 2.44. The number of ether oxygens (including phenoxy) is 1. The normalized spacial score (nSPS) is 12.2. The van der Waals surface area contributed by atoms with Crippen LogP contribution in [0.5, 0.6) is 5.88 Å². The van der Waals surface area contributed by atoms with Crippen LogP contribution in [-0.4, -0.2) is 22.1 Å². The molecule has 6 heteroatoms. The number of aromatic nitrogens is 3. The highest BCUT2D eigenvalue weighted by Crippen LogP contribution is 2.24. The van der Waals surface area contributed by atoms with E-state index >= 15 is 0 Å². The molecule has 0 saturated carbocycles. The molecule has 1 unspecified atom stereocenters. The number of hydrogen-bond donors (Lipinski definition) is 2. The van der Waals surface area contributed by atoms with E-state index in [0.29, 0.717) is 11.6 Å². The van der Waals surface area contributed by atoms with Gasteiger partial charge in [-0.2, -0.15) is 0 Å². The summed E-state index contributed by atoms with van der Waals surface area (Å²) in [7, 11) is 1.55. The summed E-state index contributed by atoms with van der Waals surface area (Å²) in [6.45, 7) is 1.92.